The number of carbonyl (C=O) groups excluding carboxylic acids is 2. The first-order chi connectivity index (χ1) is 5.20. The minimum Gasteiger partial charge on any atom is -0.354 e. The second-order valence-corrected chi connectivity index (χ2v) is 2.49. The number of urea groups is 1. The molecule has 0 radical (unpaired) electrons. The number of primary amides is 1. The average molecular weight is 157 g/mol. The maximum absolute atomic E-state index is 10.9. The van der Waals surface area contributed by atoms with Gasteiger partial charge in [-0.25, -0.2) is 4.79 Å². The molecule has 5 nitrogen and oxygen atoms in total. The third-order valence-corrected chi connectivity index (χ3v) is 1.60. The highest BCUT2D eigenvalue weighted by Crippen LogP contribution is 2.01. The summed E-state index contributed by atoms with van der Waals surface area (Å²) in [5, 5.41) is 4.99. The normalized spacial score (nSPS) is 24.0. The van der Waals surface area contributed by atoms with Crippen molar-refractivity contribution in [2.24, 2.45) is 5.73 Å². The standard InChI is InChI=1S/C6H11N3O2/c7-6(11)9-4-2-1-3-8-5(4)10/h4H,1-3H2,(H,8,10)(H3,7,9,11)/t4-/m0/s1. The Balaban J connectivity index is 2.42. The predicted octanol–water partition coefficient (Wildman–Crippen LogP) is -1.07. The molecule has 1 heterocycles. The van der Waals surface area contributed by atoms with Crippen LogP contribution in [0, 0.1) is 0 Å². The maximum Gasteiger partial charge on any atom is 0.312 e. The first-order valence-electron chi connectivity index (χ1n) is 3.54. The Bertz CT molecular complexity index is 181. The molecule has 0 saturated carbocycles. The van der Waals surface area contributed by atoms with Crippen molar-refractivity contribution in [2.75, 3.05) is 6.54 Å². The lowest BCUT2D eigenvalue weighted by molar-refractivity contribution is -0.124. The van der Waals surface area contributed by atoms with Crippen LogP contribution in [0.15, 0.2) is 0 Å². The van der Waals surface area contributed by atoms with Gasteiger partial charge in [-0.2, -0.15) is 0 Å². The van der Waals surface area contributed by atoms with Crippen LogP contribution in [0.5, 0.6) is 0 Å². The molecule has 0 bridgehead atoms. The molecule has 1 aliphatic rings. The number of nitrogens with one attached hydrogen (secondary N) is 2. The number of carbonyl (C=O) groups is 2. The molecule has 1 saturated heterocycles. The molecule has 0 aromatic heterocycles. The Hall–Kier alpha value is -1.26. The molecule has 0 spiro atoms. The summed E-state index contributed by atoms with van der Waals surface area (Å²) in [4.78, 5) is 21.3. The zero-order valence-corrected chi connectivity index (χ0v) is 6.09. The summed E-state index contributed by atoms with van der Waals surface area (Å²) in [6, 6.07) is -1.08. The van der Waals surface area contributed by atoms with Crippen LogP contribution in [0.3, 0.4) is 0 Å². The largest absolute Gasteiger partial charge is 0.354 e. The molecule has 4 N–H and O–H groups in total. The summed E-state index contributed by atoms with van der Waals surface area (Å²) in [7, 11) is 0. The van der Waals surface area contributed by atoms with Crippen LogP contribution in [-0.4, -0.2) is 24.5 Å². The summed E-state index contributed by atoms with van der Waals surface area (Å²) < 4.78 is 0. The Kier molecular flexibility index (Phi) is 2.30. The molecule has 5 heteroatoms. The minimum atomic E-state index is -0.646. The van der Waals surface area contributed by atoms with Crippen LogP contribution in [0.2, 0.25) is 0 Å². The number of rotatable bonds is 1. The molecule has 11 heavy (non-hydrogen) atoms. The second kappa shape index (κ2) is 3.23. The lowest BCUT2D eigenvalue weighted by Crippen LogP contribution is -2.51. The van der Waals surface area contributed by atoms with E-state index in [9.17, 15) is 9.59 Å². The van der Waals surface area contributed by atoms with Gasteiger partial charge in [0.05, 0.1) is 0 Å². The van der Waals surface area contributed by atoms with Gasteiger partial charge in [0.2, 0.25) is 5.91 Å². The fraction of sp³-hybridized carbons (Fsp3) is 0.667. The quantitative estimate of drug-likeness (QED) is 0.453. The van der Waals surface area contributed by atoms with E-state index in [1.54, 1.807) is 0 Å². The molecule has 1 atom stereocenters. The van der Waals surface area contributed by atoms with E-state index in [4.69, 9.17) is 5.73 Å². The maximum atomic E-state index is 10.9. The van der Waals surface area contributed by atoms with Gasteiger partial charge in [-0.1, -0.05) is 0 Å². The number of hydrogen-bond donors (Lipinski definition) is 3. The SMILES string of the molecule is NC(=O)N[C@H]1CCCNC1=O. The summed E-state index contributed by atoms with van der Waals surface area (Å²) in [6.45, 7) is 0.690. The fourth-order valence-electron chi connectivity index (χ4n) is 1.08. The Labute approximate surface area is 64.3 Å². The molecule has 0 aromatic carbocycles. The first-order valence-corrected chi connectivity index (χ1v) is 3.54. The van der Waals surface area contributed by atoms with Crippen molar-refractivity contribution in [3.05, 3.63) is 0 Å². The predicted molar refractivity (Wildman–Crippen MR) is 38.8 cm³/mol. The lowest BCUT2D eigenvalue weighted by atomic mass is 10.1. The van der Waals surface area contributed by atoms with Gasteiger partial charge in [0, 0.05) is 6.54 Å². The molecule has 0 aromatic rings. The van der Waals surface area contributed by atoms with E-state index < -0.39 is 12.1 Å². The van der Waals surface area contributed by atoms with Gasteiger partial charge >= 0.3 is 6.03 Å². The third-order valence-electron chi connectivity index (χ3n) is 1.60. The van der Waals surface area contributed by atoms with Crippen molar-refractivity contribution in [3.8, 4) is 0 Å². The van der Waals surface area contributed by atoms with Crippen molar-refractivity contribution in [1.82, 2.24) is 10.6 Å². The molecule has 0 aliphatic carbocycles. The van der Waals surface area contributed by atoms with Crippen molar-refractivity contribution in [1.29, 1.82) is 0 Å². The van der Waals surface area contributed by atoms with E-state index in [-0.39, 0.29) is 5.91 Å². The number of amides is 3. The van der Waals surface area contributed by atoms with Crippen LogP contribution in [0.1, 0.15) is 12.8 Å². The zero-order valence-electron chi connectivity index (χ0n) is 6.09. The highest BCUT2D eigenvalue weighted by atomic mass is 16.2. The molecule has 0 unspecified atom stereocenters. The van der Waals surface area contributed by atoms with E-state index in [0.717, 1.165) is 6.42 Å². The summed E-state index contributed by atoms with van der Waals surface area (Å²) >= 11 is 0. The monoisotopic (exact) mass is 157 g/mol. The summed E-state index contributed by atoms with van der Waals surface area (Å²) in [6.07, 6.45) is 1.56. The van der Waals surface area contributed by atoms with Crippen LogP contribution in [0.4, 0.5) is 4.79 Å². The molecular weight excluding hydrogens is 146 g/mol. The van der Waals surface area contributed by atoms with Crippen molar-refractivity contribution in [3.63, 3.8) is 0 Å². The smallest absolute Gasteiger partial charge is 0.312 e. The van der Waals surface area contributed by atoms with E-state index in [0.29, 0.717) is 13.0 Å². The molecular formula is C6H11N3O2. The molecule has 1 fully saturated rings. The van der Waals surface area contributed by atoms with Gasteiger partial charge in [0.15, 0.2) is 0 Å². The molecule has 3 amide bonds. The average Bonchev–Trinajstić information content (AvgIpc) is 1.93. The number of piperidine rings is 1. The lowest BCUT2D eigenvalue weighted by Gasteiger charge is -2.21. The summed E-state index contributed by atoms with van der Waals surface area (Å²) in [5.41, 5.74) is 4.86. The van der Waals surface area contributed by atoms with Gasteiger partial charge in [0.25, 0.3) is 0 Å². The van der Waals surface area contributed by atoms with Crippen LogP contribution >= 0.6 is 0 Å². The third kappa shape index (κ3) is 2.10. The Morgan fingerprint density at radius 3 is 3.00 bits per heavy atom. The van der Waals surface area contributed by atoms with Crippen molar-refractivity contribution >= 4 is 11.9 Å². The first kappa shape index (κ1) is 7.84. The second-order valence-electron chi connectivity index (χ2n) is 2.49. The Morgan fingerprint density at radius 1 is 1.73 bits per heavy atom. The topological polar surface area (TPSA) is 84.2 Å². The summed E-state index contributed by atoms with van der Waals surface area (Å²) in [5.74, 6) is -0.143. The van der Waals surface area contributed by atoms with Gasteiger partial charge in [0.1, 0.15) is 6.04 Å². The highest BCUT2D eigenvalue weighted by Gasteiger charge is 2.22. The van der Waals surface area contributed by atoms with E-state index in [1.165, 1.54) is 0 Å². The van der Waals surface area contributed by atoms with Crippen molar-refractivity contribution < 1.29 is 9.59 Å². The van der Waals surface area contributed by atoms with Crippen LogP contribution < -0.4 is 16.4 Å². The number of hydrogen-bond acceptors (Lipinski definition) is 2. The van der Waals surface area contributed by atoms with Crippen LogP contribution in [-0.2, 0) is 4.79 Å². The molecule has 1 aliphatic heterocycles. The van der Waals surface area contributed by atoms with Crippen molar-refractivity contribution in [2.45, 2.75) is 18.9 Å². The zero-order chi connectivity index (χ0) is 8.27. The van der Waals surface area contributed by atoms with E-state index in [1.807, 2.05) is 0 Å². The number of nitrogens with two attached hydrogens (primary N) is 1. The van der Waals surface area contributed by atoms with Gasteiger partial charge in [-0.15, -0.1) is 0 Å². The van der Waals surface area contributed by atoms with Gasteiger partial charge < -0.3 is 16.4 Å². The Morgan fingerprint density at radius 2 is 2.45 bits per heavy atom. The van der Waals surface area contributed by atoms with Gasteiger partial charge in [-0.3, -0.25) is 4.79 Å². The molecule has 62 valence electrons. The minimum absolute atomic E-state index is 0.143. The van der Waals surface area contributed by atoms with Crippen LogP contribution in [0.25, 0.3) is 0 Å². The fourth-order valence-corrected chi connectivity index (χ4v) is 1.08. The van der Waals surface area contributed by atoms with E-state index >= 15 is 0 Å². The molecule has 1 rings (SSSR count). The van der Waals surface area contributed by atoms with E-state index in [2.05, 4.69) is 10.6 Å². The highest BCUT2D eigenvalue weighted by molar-refractivity contribution is 5.86. The van der Waals surface area contributed by atoms with Gasteiger partial charge in [-0.05, 0) is 12.8 Å².